The topological polar surface area (TPSA) is 89.3 Å². The highest BCUT2D eigenvalue weighted by Gasteiger charge is 2.19. The van der Waals surface area contributed by atoms with Crippen molar-refractivity contribution in [2.24, 2.45) is 5.73 Å². The summed E-state index contributed by atoms with van der Waals surface area (Å²) in [6.07, 6.45) is 1.32. The molecule has 0 fully saturated rings. The minimum Gasteiger partial charge on any atom is -0.481 e. The van der Waals surface area contributed by atoms with E-state index in [9.17, 15) is 4.79 Å². The fraction of sp³-hybridized carbons (Fsp3) is 0.429. The smallest absolute Gasteiger partial charge is 0.310 e. The van der Waals surface area contributed by atoms with Gasteiger partial charge in [0, 0.05) is 12.1 Å². The number of hydrogen-bond donors (Lipinski definition) is 2. The summed E-state index contributed by atoms with van der Waals surface area (Å²) in [5.74, 6) is -1.53. The van der Waals surface area contributed by atoms with Crippen LogP contribution in [0.5, 0.6) is 0 Å². The van der Waals surface area contributed by atoms with Crippen LogP contribution in [-0.2, 0) is 11.3 Å². The van der Waals surface area contributed by atoms with Gasteiger partial charge in [0.25, 0.3) is 0 Å². The molecule has 12 heavy (non-hydrogen) atoms. The molecule has 0 aliphatic heterocycles. The number of aromatic nitrogens is 1. The van der Waals surface area contributed by atoms with E-state index in [4.69, 9.17) is 10.8 Å². The van der Waals surface area contributed by atoms with E-state index in [0.717, 1.165) is 0 Å². The Morgan fingerprint density at radius 2 is 2.58 bits per heavy atom. The first kappa shape index (κ1) is 8.73. The molecule has 0 saturated carbocycles. The Kier molecular flexibility index (Phi) is 2.44. The number of nitrogens with two attached hydrogens (primary N) is 1. The maximum atomic E-state index is 10.6. The second-order valence-corrected chi connectivity index (χ2v) is 2.48. The highest BCUT2D eigenvalue weighted by Crippen LogP contribution is 2.18. The van der Waals surface area contributed by atoms with Gasteiger partial charge in [0.05, 0.1) is 5.92 Å². The lowest BCUT2D eigenvalue weighted by molar-refractivity contribution is -0.138. The van der Waals surface area contributed by atoms with E-state index in [1.165, 1.54) is 6.26 Å². The quantitative estimate of drug-likeness (QED) is 0.681. The molecule has 0 amide bonds. The van der Waals surface area contributed by atoms with E-state index in [2.05, 4.69) is 9.68 Å². The van der Waals surface area contributed by atoms with Gasteiger partial charge in [-0.25, -0.2) is 0 Å². The van der Waals surface area contributed by atoms with Crippen LogP contribution in [-0.4, -0.2) is 16.2 Å². The Labute approximate surface area is 69.2 Å². The van der Waals surface area contributed by atoms with Crippen LogP contribution in [0.15, 0.2) is 10.8 Å². The molecule has 0 saturated heterocycles. The Balaban J connectivity index is 2.93. The van der Waals surface area contributed by atoms with Crippen LogP contribution in [0.2, 0.25) is 0 Å². The number of hydrogen-bond acceptors (Lipinski definition) is 4. The second-order valence-electron chi connectivity index (χ2n) is 2.48. The van der Waals surface area contributed by atoms with Crippen molar-refractivity contribution in [2.45, 2.75) is 19.4 Å². The minimum atomic E-state index is -0.909. The number of aliphatic carboxylic acids is 1. The lowest BCUT2D eigenvalue weighted by atomic mass is 10.0. The van der Waals surface area contributed by atoms with Gasteiger partial charge in [-0.15, -0.1) is 0 Å². The summed E-state index contributed by atoms with van der Waals surface area (Å²) in [4.78, 5) is 10.6. The number of carboxylic acids is 1. The van der Waals surface area contributed by atoms with E-state index in [-0.39, 0.29) is 6.54 Å². The monoisotopic (exact) mass is 170 g/mol. The summed E-state index contributed by atoms with van der Waals surface area (Å²) in [5.41, 5.74) is 6.37. The fourth-order valence-corrected chi connectivity index (χ4v) is 0.908. The van der Waals surface area contributed by atoms with Crippen LogP contribution in [0.3, 0.4) is 0 Å². The first-order valence-electron chi connectivity index (χ1n) is 3.52. The zero-order valence-corrected chi connectivity index (χ0v) is 6.65. The van der Waals surface area contributed by atoms with Gasteiger partial charge in [0.2, 0.25) is 0 Å². The first-order chi connectivity index (χ1) is 5.66. The maximum Gasteiger partial charge on any atom is 0.310 e. The van der Waals surface area contributed by atoms with Crippen LogP contribution in [0.1, 0.15) is 24.1 Å². The molecule has 5 heteroatoms. The van der Waals surface area contributed by atoms with Crippen LogP contribution in [0, 0.1) is 0 Å². The third-order valence-corrected chi connectivity index (χ3v) is 1.71. The van der Waals surface area contributed by atoms with Crippen molar-refractivity contribution in [3.05, 3.63) is 17.5 Å². The molecule has 1 aromatic rings. The third kappa shape index (κ3) is 1.45. The lowest BCUT2D eigenvalue weighted by Crippen LogP contribution is -2.10. The Morgan fingerprint density at radius 1 is 1.92 bits per heavy atom. The lowest BCUT2D eigenvalue weighted by Gasteiger charge is -2.02. The average molecular weight is 170 g/mol. The van der Waals surface area contributed by atoms with Crippen molar-refractivity contribution in [3.8, 4) is 0 Å². The molecule has 0 aliphatic carbocycles. The largest absolute Gasteiger partial charge is 0.481 e. The predicted octanol–water partition coefficient (Wildman–Crippen LogP) is 0.321. The summed E-state index contributed by atoms with van der Waals surface area (Å²) >= 11 is 0. The average Bonchev–Trinajstić information content (AvgIpc) is 2.49. The number of carbonyl (C=O) groups is 1. The van der Waals surface area contributed by atoms with Gasteiger partial charge in [-0.05, 0) is 6.92 Å². The number of carboxylic acid groups (broad SMARTS) is 1. The number of rotatable bonds is 3. The SMILES string of the molecule is CC(C(=O)O)c1conc1CN. The molecule has 1 rings (SSSR count). The molecule has 0 bridgehead atoms. The molecule has 3 N–H and O–H groups in total. The van der Waals surface area contributed by atoms with Gasteiger partial charge in [0.15, 0.2) is 0 Å². The van der Waals surface area contributed by atoms with Crippen molar-refractivity contribution in [1.82, 2.24) is 5.16 Å². The zero-order chi connectivity index (χ0) is 9.14. The highest BCUT2D eigenvalue weighted by atomic mass is 16.5. The molecular formula is C7H10N2O3. The zero-order valence-electron chi connectivity index (χ0n) is 6.65. The molecular weight excluding hydrogens is 160 g/mol. The molecule has 5 nitrogen and oxygen atoms in total. The van der Waals surface area contributed by atoms with E-state index < -0.39 is 11.9 Å². The van der Waals surface area contributed by atoms with Gasteiger partial charge >= 0.3 is 5.97 Å². The normalized spacial score (nSPS) is 12.8. The van der Waals surface area contributed by atoms with Crippen LogP contribution in [0.4, 0.5) is 0 Å². The summed E-state index contributed by atoms with van der Waals surface area (Å²) in [7, 11) is 0. The van der Waals surface area contributed by atoms with Gasteiger partial charge in [0.1, 0.15) is 12.0 Å². The highest BCUT2D eigenvalue weighted by molar-refractivity contribution is 5.75. The number of nitrogens with zero attached hydrogens (tertiary/aromatic N) is 1. The molecule has 1 heterocycles. The van der Waals surface area contributed by atoms with Crippen LogP contribution in [0.25, 0.3) is 0 Å². The van der Waals surface area contributed by atoms with Crippen molar-refractivity contribution in [2.75, 3.05) is 0 Å². The van der Waals surface area contributed by atoms with Crippen molar-refractivity contribution >= 4 is 5.97 Å². The van der Waals surface area contributed by atoms with Crippen molar-refractivity contribution < 1.29 is 14.4 Å². The van der Waals surface area contributed by atoms with Gasteiger partial charge in [-0.1, -0.05) is 5.16 Å². The van der Waals surface area contributed by atoms with E-state index in [1.54, 1.807) is 6.92 Å². The van der Waals surface area contributed by atoms with E-state index >= 15 is 0 Å². The van der Waals surface area contributed by atoms with Crippen molar-refractivity contribution in [3.63, 3.8) is 0 Å². The summed E-state index contributed by atoms with van der Waals surface area (Å²) in [6, 6.07) is 0. The molecule has 1 aromatic heterocycles. The second kappa shape index (κ2) is 3.36. The van der Waals surface area contributed by atoms with E-state index in [1.807, 2.05) is 0 Å². The van der Waals surface area contributed by atoms with Crippen LogP contribution >= 0.6 is 0 Å². The molecule has 1 atom stereocenters. The molecule has 1 unspecified atom stereocenters. The summed E-state index contributed by atoms with van der Waals surface area (Å²) < 4.78 is 4.61. The molecule has 0 aromatic carbocycles. The summed E-state index contributed by atoms with van der Waals surface area (Å²) in [6.45, 7) is 1.76. The maximum absolute atomic E-state index is 10.6. The van der Waals surface area contributed by atoms with Crippen LogP contribution < -0.4 is 5.73 Å². The minimum absolute atomic E-state index is 0.198. The molecule has 0 spiro atoms. The third-order valence-electron chi connectivity index (χ3n) is 1.71. The standard InChI is InChI=1S/C7H10N2O3/c1-4(7(10)11)5-3-12-9-6(5)2-8/h3-4H,2,8H2,1H3,(H,10,11). The van der Waals surface area contributed by atoms with Gasteiger partial charge in [-0.3, -0.25) is 4.79 Å². The predicted molar refractivity (Wildman–Crippen MR) is 40.4 cm³/mol. The molecule has 0 aliphatic rings. The Morgan fingerprint density at radius 3 is 3.08 bits per heavy atom. The molecule has 0 radical (unpaired) electrons. The van der Waals surface area contributed by atoms with Gasteiger partial charge < -0.3 is 15.4 Å². The Bertz CT molecular complexity index is 282. The van der Waals surface area contributed by atoms with Crippen molar-refractivity contribution in [1.29, 1.82) is 0 Å². The van der Waals surface area contributed by atoms with E-state index in [0.29, 0.717) is 11.3 Å². The summed E-state index contributed by atoms with van der Waals surface area (Å²) in [5, 5.41) is 12.2. The fourth-order valence-electron chi connectivity index (χ4n) is 0.908. The van der Waals surface area contributed by atoms with Gasteiger partial charge in [-0.2, -0.15) is 0 Å². The Hall–Kier alpha value is -1.36. The molecule has 66 valence electrons. The first-order valence-corrected chi connectivity index (χ1v) is 3.52.